The van der Waals surface area contributed by atoms with Gasteiger partial charge >= 0.3 is 0 Å². The van der Waals surface area contributed by atoms with E-state index < -0.39 is 0 Å². The molecule has 0 bridgehead atoms. The number of rotatable bonds is 6. The Labute approximate surface area is 95.2 Å². The molecule has 0 aromatic carbocycles. The molecular weight excluding hydrogens is 184 g/mol. The molecule has 1 saturated heterocycles. The highest BCUT2D eigenvalue weighted by atomic mass is 15.0. The van der Waals surface area contributed by atoms with E-state index in [-0.39, 0.29) is 0 Å². The quantitative estimate of drug-likeness (QED) is 0.707. The Morgan fingerprint density at radius 1 is 1.20 bits per heavy atom. The fourth-order valence-electron chi connectivity index (χ4n) is 2.62. The Hall–Kier alpha value is -0.0800. The average Bonchev–Trinajstić information content (AvgIpc) is 2.67. The normalized spacial score (nSPS) is 27.2. The second-order valence-corrected chi connectivity index (χ2v) is 5.05. The summed E-state index contributed by atoms with van der Waals surface area (Å²) < 4.78 is 0. The molecule has 1 aliphatic heterocycles. The van der Waals surface area contributed by atoms with Crippen LogP contribution in [0.5, 0.6) is 0 Å². The van der Waals surface area contributed by atoms with Crippen molar-refractivity contribution in [3.63, 3.8) is 0 Å². The molecule has 0 aromatic rings. The lowest BCUT2D eigenvalue weighted by Crippen LogP contribution is -2.49. The summed E-state index contributed by atoms with van der Waals surface area (Å²) in [7, 11) is 0. The minimum Gasteiger partial charge on any atom is -0.312 e. The molecule has 1 rings (SSSR count). The molecule has 0 spiro atoms. The van der Waals surface area contributed by atoms with Gasteiger partial charge in [-0.05, 0) is 38.1 Å². The highest BCUT2D eigenvalue weighted by Crippen LogP contribution is 2.20. The van der Waals surface area contributed by atoms with Crippen LogP contribution in [0.3, 0.4) is 0 Å². The first-order valence-corrected chi connectivity index (χ1v) is 6.65. The van der Waals surface area contributed by atoms with Crippen molar-refractivity contribution in [1.82, 2.24) is 10.6 Å². The first-order valence-electron chi connectivity index (χ1n) is 6.65. The van der Waals surface area contributed by atoms with Gasteiger partial charge in [0.15, 0.2) is 0 Å². The van der Waals surface area contributed by atoms with Crippen LogP contribution >= 0.6 is 0 Å². The van der Waals surface area contributed by atoms with Crippen LogP contribution in [-0.2, 0) is 0 Å². The third kappa shape index (κ3) is 3.18. The lowest BCUT2D eigenvalue weighted by Gasteiger charge is -2.34. The van der Waals surface area contributed by atoms with Gasteiger partial charge in [-0.3, -0.25) is 0 Å². The molecule has 90 valence electrons. The lowest BCUT2D eigenvalue weighted by molar-refractivity contribution is 0.270. The zero-order valence-corrected chi connectivity index (χ0v) is 10.9. The van der Waals surface area contributed by atoms with Gasteiger partial charge in [-0.2, -0.15) is 0 Å². The summed E-state index contributed by atoms with van der Waals surface area (Å²) in [6.45, 7) is 11.6. The van der Waals surface area contributed by atoms with Gasteiger partial charge in [-0.25, -0.2) is 0 Å². The minimum atomic E-state index is 0.379. The van der Waals surface area contributed by atoms with Gasteiger partial charge in [0.25, 0.3) is 0 Å². The molecule has 0 aliphatic carbocycles. The predicted octanol–water partition coefficient (Wildman–Crippen LogP) is 2.54. The van der Waals surface area contributed by atoms with E-state index in [1.165, 1.54) is 32.2 Å². The first kappa shape index (κ1) is 13.0. The lowest BCUT2D eigenvalue weighted by atomic mass is 9.89. The van der Waals surface area contributed by atoms with Crippen LogP contribution in [0.1, 0.15) is 53.4 Å². The van der Waals surface area contributed by atoms with Crippen molar-refractivity contribution < 1.29 is 0 Å². The summed E-state index contributed by atoms with van der Waals surface area (Å²) in [6, 6.07) is 0.689. The Morgan fingerprint density at radius 2 is 1.80 bits per heavy atom. The maximum absolute atomic E-state index is 3.79. The molecule has 15 heavy (non-hydrogen) atoms. The van der Waals surface area contributed by atoms with Gasteiger partial charge in [-0.1, -0.05) is 27.7 Å². The monoisotopic (exact) mass is 212 g/mol. The highest BCUT2D eigenvalue weighted by Gasteiger charge is 2.27. The van der Waals surface area contributed by atoms with Crippen LogP contribution in [0.15, 0.2) is 0 Å². The van der Waals surface area contributed by atoms with Crippen LogP contribution in [0.25, 0.3) is 0 Å². The largest absolute Gasteiger partial charge is 0.312 e. The van der Waals surface area contributed by atoms with E-state index in [4.69, 9.17) is 0 Å². The molecule has 2 heteroatoms. The summed E-state index contributed by atoms with van der Waals surface area (Å²) in [5.74, 6) is 0.834. The molecule has 0 saturated carbocycles. The van der Waals surface area contributed by atoms with Crippen LogP contribution < -0.4 is 10.6 Å². The average molecular weight is 212 g/mol. The number of hydrogen-bond donors (Lipinski definition) is 2. The highest BCUT2D eigenvalue weighted by molar-refractivity contribution is 4.89. The summed E-state index contributed by atoms with van der Waals surface area (Å²) in [5, 5.41) is 7.38. The van der Waals surface area contributed by atoms with Crippen LogP contribution in [0.2, 0.25) is 0 Å². The van der Waals surface area contributed by atoms with Crippen LogP contribution in [0, 0.1) is 5.92 Å². The third-order valence-electron chi connectivity index (χ3n) is 4.42. The molecule has 0 amide bonds. The Balaban J connectivity index is 2.39. The maximum atomic E-state index is 3.79. The molecule has 2 atom stereocenters. The van der Waals surface area contributed by atoms with Gasteiger partial charge in [0.2, 0.25) is 0 Å². The van der Waals surface area contributed by atoms with E-state index in [1.807, 2.05) is 0 Å². The molecule has 2 N–H and O–H groups in total. The molecule has 0 aromatic heterocycles. The standard InChI is InChI=1S/C13H28N2/c1-5-13(6-2,7-3)15-10-12-11(4)8-9-14-12/h11-12,14-15H,5-10H2,1-4H3. The van der Waals surface area contributed by atoms with Crippen LogP contribution in [0.4, 0.5) is 0 Å². The second-order valence-electron chi connectivity index (χ2n) is 5.05. The maximum Gasteiger partial charge on any atom is 0.0218 e. The summed E-state index contributed by atoms with van der Waals surface area (Å²) in [4.78, 5) is 0. The van der Waals surface area contributed by atoms with Gasteiger partial charge in [0.1, 0.15) is 0 Å². The number of hydrogen-bond acceptors (Lipinski definition) is 2. The van der Waals surface area contributed by atoms with Gasteiger partial charge in [0, 0.05) is 18.1 Å². The Kier molecular flexibility index (Phi) is 5.07. The van der Waals surface area contributed by atoms with Crippen molar-refractivity contribution in [3.8, 4) is 0 Å². The van der Waals surface area contributed by atoms with E-state index in [1.54, 1.807) is 0 Å². The second kappa shape index (κ2) is 5.86. The van der Waals surface area contributed by atoms with Gasteiger partial charge < -0.3 is 10.6 Å². The fourth-order valence-corrected chi connectivity index (χ4v) is 2.62. The minimum absolute atomic E-state index is 0.379. The molecule has 1 aliphatic rings. The van der Waals surface area contributed by atoms with E-state index in [0.29, 0.717) is 11.6 Å². The fraction of sp³-hybridized carbons (Fsp3) is 1.00. The molecule has 0 radical (unpaired) electrons. The number of nitrogens with one attached hydrogen (secondary N) is 2. The van der Waals surface area contributed by atoms with Gasteiger partial charge in [-0.15, -0.1) is 0 Å². The Bertz CT molecular complexity index is 167. The van der Waals surface area contributed by atoms with E-state index in [9.17, 15) is 0 Å². The van der Waals surface area contributed by atoms with Crippen molar-refractivity contribution in [1.29, 1.82) is 0 Å². The van der Waals surface area contributed by atoms with Crippen molar-refractivity contribution in [2.45, 2.75) is 65.0 Å². The Morgan fingerprint density at radius 3 is 2.20 bits per heavy atom. The van der Waals surface area contributed by atoms with Crippen molar-refractivity contribution in [2.75, 3.05) is 13.1 Å². The molecule has 2 nitrogen and oxygen atoms in total. The summed E-state index contributed by atoms with van der Waals surface area (Å²) in [6.07, 6.45) is 5.05. The summed E-state index contributed by atoms with van der Waals surface area (Å²) in [5.41, 5.74) is 0.379. The topological polar surface area (TPSA) is 24.1 Å². The zero-order chi connectivity index (χ0) is 11.3. The SMILES string of the molecule is CCC(CC)(CC)NCC1NCCC1C. The van der Waals surface area contributed by atoms with Crippen LogP contribution in [-0.4, -0.2) is 24.7 Å². The van der Waals surface area contributed by atoms with Gasteiger partial charge in [0.05, 0.1) is 0 Å². The van der Waals surface area contributed by atoms with Crippen molar-refractivity contribution in [2.24, 2.45) is 5.92 Å². The van der Waals surface area contributed by atoms with E-state index in [0.717, 1.165) is 12.5 Å². The van der Waals surface area contributed by atoms with E-state index >= 15 is 0 Å². The van der Waals surface area contributed by atoms with Crippen molar-refractivity contribution in [3.05, 3.63) is 0 Å². The molecular formula is C13H28N2. The smallest absolute Gasteiger partial charge is 0.0218 e. The molecule has 2 unspecified atom stereocenters. The van der Waals surface area contributed by atoms with E-state index in [2.05, 4.69) is 38.3 Å². The molecule has 1 heterocycles. The zero-order valence-electron chi connectivity index (χ0n) is 10.9. The molecule has 1 fully saturated rings. The predicted molar refractivity (Wildman–Crippen MR) is 67.2 cm³/mol. The summed E-state index contributed by atoms with van der Waals surface area (Å²) >= 11 is 0. The van der Waals surface area contributed by atoms with Crippen molar-refractivity contribution >= 4 is 0 Å². The third-order valence-corrected chi connectivity index (χ3v) is 4.42. The first-order chi connectivity index (χ1) is 7.17.